The summed E-state index contributed by atoms with van der Waals surface area (Å²) >= 11 is 0. The molecule has 0 saturated carbocycles. The second-order valence-corrected chi connectivity index (χ2v) is 7.62. The van der Waals surface area contributed by atoms with Crippen molar-refractivity contribution in [3.63, 3.8) is 0 Å². The molecular formula is C23H22N6O2. The third-order valence-electron chi connectivity index (χ3n) is 5.39. The second kappa shape index (κ2) is 7.39. The van der Waals surface area contributed by atoms with E-state index in [2.05, 4.69) is 37.7 Å². The van der Waals surface area contributed by atoms with Gasteiger partial charge in [-0.2, -0.15) is 0 Å². The van der Waals surface area contributed by atoms with E-state index < -0.39 is 0 Å². The van der Waals surface area contributed by atoms with Crippen LogP contribution in [0.25, 0.3) is 33.3 Å². The topological polar surface area (TPSA) is 106 Å². The van der Waals surface area contributed by atoms with Crippen molar-refractivity contribution in [2.24, 2.45) is 0 Å². The molecule has 5 aromatic rings. The number of benzene rings is 1. The molecule has 4 aromatic heterocycles. The van der Waals surface area contributed by atoms with E-state index in [1.165, 1.54) is 0 Å². The first-order valence-corrected chi connectivity index (χ1v) is 10.0. The van der Waals surface area contributed by atoms with Crippen molar-refractivity contribution in [3.05, 3.63) is 65.1 Å². The number of hydrogen-bond acceptors (Lipinski definition) is 7. The zero-order valence-corrected chi connectivity index (χ0v) is 17.8. The van der Waals surface area contributed by atoms with Gasteiger partial charge in [-0.3, -0.25) is 4.98 Å². The summed E-state index contributed by atoms with van der Waals surface area (Å²) in [5.74, 6) is 2.21. The quantitative estimate of drug-likeness (QED) is 0.411. The number of nitrogens with one attached hydrogen (secondary N) is 2. The molecule has 0 aliphatic heterocycles. The third kappa shape index (κ3) is 3.35. The minimum atomic E-state index is 0.616. The van der Waals surface area contributed by atoms with Crippen LogP contribution in [0.2, 0.25) is 0 Å². The lowest BCUT2D eigenvalue weighted by Gasteiger charge is -2.07. The summed E-state index contributed by atoms with van der Waals surface area (Å²) in [4.78, 5) is 12.4. The van der Waals surface area contributed by atoms with E-state index in [1.807, 2.05) is 46.0 Å². The maximum absolute atomic E-state index is 5.45. The highest BCUT2D eigenvalue weighted by Gasteiger charge is 2.21. The first kappa shape index (κ1) is 19.0. The zero-order valence-electron chi connectivity index (χ0n) is 17.8. The molecule has 0 atom stereocenters. The Kier molecular flexibility index (Phi) is 4.54. The maximum Gasteiger partial charge on any atom is 0.201 e. The standard InChI is InChI=1S/C23H22N6O2/c1-12-20(14(3)30-28-12)17-8-18(21-13(2)29-31-15(21)4)22-19(9-17)26-23(27-22)25-11-16-6-5-7-24-10-16/h5-10H,11H2,1-4H3,(H2,25,26,27). The molecule has 0 saturated heterocycles. The molecule has 0 aliphatic carbocycles. The molecule has 0 aliphatic rings. The molecule has 0 unspecified atom stereocenters. The van der Waals surface area contributed by atoms with Crippen molar-refractivity contribution in [1.29, 1.82) is 0 Å². The number of H-pyrrole nitrogens is 1. The van der Waals surface area contributed by atoms with Crippen LogP contribution >= 0.6 is 0 Å². The summed E-state index contributed by atoms with van der Waals surface area (Å²) in [7, 11) is 0. The second-order valence-electron chi connectivity index (χ2n) is 7.62. The summed E-state index contributed by atoms with van der Waals surface area (Å²) in [5.41, 5.74) is 8.37. The lowest BCUT2D eigenvalue weighted by Crippen LogP contribution is -2.00. The molecule has 31 heavy (non-hydrogen) atoms. The van der Waals surface area contributed by atoms with Crippen molar-refractivity contribution in [2.45, 2.75) is 34.2 Å². The summed E-state index contributed by atoms with van der Waals surface area (Å²) in [6.45, 7) is 8.33. The number of aryl methyl sites for hydroxylation is 4. The van der Waals surface area contributed by atoms with E-state index in [4.69, 9.17) is 14.0 Å². The number of pyridine rings is 1. The van der Waals surface area contributed by atoms with E-state index in [-0.39, 0.29) is 0 Å². The molecule has 5 rings (SSSR count). The summed E-state index contributed by atoms with van der Waals surface area (Å²) in [5, 5.41) is 11.6. The minimum Gasteiger partial charge on any atom is -0.361 e. The molecule has 8 heteroatoms. The van der Waals surface area contributed by atoms with Crippen LogP contribution in [0.1, 0.15) is 28.5 Å². The highest BCUT2D eigenvalue weighted by molar-refractivity contribution is 5.98. The van der Waals surface area contributed by atoms with E-state index >= 15 is 0 Å². The molecule has 4 heterocycles. The van der Waals surface area contributed by atoms with Gasteiger partial charge in [0.2, 0.25) is 5.95 Å². The summed E-state index contributed by atoms with van der Waals surface area (Å²) in [6, 6.07) is 8.12. The van der Waals surface area contributed by atoms with Crippen molar-refractivity contribution in [2.75, 3.05) is 5.32 Å². The molecule has 0 radical (unpaired) electrons. The monoisotopic (exact) mass is 414 g/mol. The van der Waals surface area contributed by atoms with Crippen LogP contribution in [0.15, 0.2) is 45.7 Å². The largest absolute Gasteiger partial charge is 0.361 e. The number of fused-ring (bicyclic) bond motifs is 1. The summed E-state index contributed by atoms with van der Waals surface area (Å²) < 4.78 is 10.9. The Labute approximate surface area is 178 Å². The van der Waals surface area contributed by atoms with Crippen LogP contribution in [-0.4, -0.2) is 25.3 Å². The molecular weight excluding hydrogens is 392 g/mol. The Morgan fingerprint density at radius 1 is 0.968 bits per heavy atom. The Morgan fingerprint density at radius 3 is 2.35 bits per heavy atom. The van der Waals surface area contributed by atoms with Gasteiger partial charge in [0.1, 0.15) is 11.5 Å². The molecule has 1 aromatic carbocycles. The Bertz CT molecular complexity index is 1340. The van der Waals surface area contributed by atoms with Crippen LogP contribution < -0.4 is 5.32 Å². The van der Waals surface area contributed by atoms with Gasteiger partial charge in [0.25, 0.3) is 0 Å². The van der Waals surface area contributed by atoms with E-state index in [0.717, 1.165) is 61.8 Å². The Morgan fingerprint density at radius 2 is 1.71 bits per heavy atom. The molecule has 156 valence electrons. The first-order valence-electron chi connectivity index (χ1n) is 10.0. The number of anilines is 1. The fraction of sp³-hybridized carbons (Fsp3) is 0.217. The van der Waals surface area contributed by atoms with Crippen LogP contribution in [0.3, 0.4) is 0 Å². The molecule has 0 amide bonds. The van der Waals surface area contributed by atoms with Crippen molar-refractivity contribution >= 4 is 17.0 Å². The van der Waals surface area contributed by atoms with Gasteiger partial charge in [0.15, 0.2) is 0 Å². The maximum atomic E-state index is 5.45. The highest BCUT2D eigenvalue weighted by atomic mass is 16.5. The zero-order chi connectivity index (χ0) is 21.5. The van der Waals surface area contributed by atoms with Crippen molar-refractivity contribution in [3.8, 4) is 22.3 Å². The minimum absolute atomic E-state index is 0.616. The van der Waals surface area contributed by atoms with Gasteiger partial charge in [0.05, 0.1) is 22.4 Å². The van der Waals surface area contributed by atoms with Gasteiger partial charge in [-0.25, -0.2) is 4.98 Å². The van der Waals surface area contributed by atoms with Gasteiger partial charge in [-0.1, -0.05) is 16.4 Å². The molecule has 0 fully saturated rings. The Hall–Kier alpha value is -3.94. The SMILES string of the molecule is Cc1noc(C)c1-c1cc(-c2c(C)noc2C)c2nc(NCc3cccnc3)[nH]c2c1. The van der Waals surface area contributed by atoms with Crippen molar-refractivity contribution < 1.29 is 9.05 Å². The normalized spacial score (nSPS) is 11.4. The number of rotatable bonds is 5. The molecule has 8 nitrogen and oxygen atoms in total. The van der Waals surface area contributed by atoms with Crippen LogP contribution in [0.4, 0.5) is 5.95 Å². The Balaban J connectivity index is 1.65. The number of aromatic amines is 1. The number of nitrogens with zero attached hydrogens (tertiary/aromatic N) is 4. The predicted molar refractivity (Wildman–Crippen MR) is 118 cm³/mol. The smallest absolute Gasteiger partial charge is 0.201 e. The molecule has 0 bridgehead atoms. The van der Waals surface area contributed by atoms with Gasteiger partial charge in [0, 0.05) is 35.6 Å². The number of hydrogen-bond donors (Lipinski definition) is 2. The lowest BCUT2D eigenvalue weighted by atomic mass is 9.96. The van der Waals surface area contributed by atoms with Gasteiger partial charge < -0.3 is 19.3 Å². The molecule has 0 spiro atoms. The lowest BCUT2D eigenvalue weighted by molar-refractivity contribution is 0.393. The van der Waals surface area contributed by atoms with E-state index in [0.29, 0.717) is 12.5 Å². The number of imidazole rings is 1. The fourth-order valence-corrected chi connectivity index (χ4v) is 3.99. The third-order valence-corrected chi connectivity index (χ3v) is 5.39. The van der Waals surface area contributed by atoms with Gasteiger partial charge in [-0.05, 0) is 57.0 Å². The predicted octanol–water partition coefficient (Wildman–Crippen LogP) is 5.11. The summed E-state index contributed by atoms with van der Waals surface area (Å²) in [6.07, 6.45) is 3.59. The fourth-order valence-electron chi connectivity index (χ4n) is 3.99. The average Bonchev–Trinajstić information content (AvgIpc) is 3.43. The van der Waals surface area contributed by atoms with Crippen molar-refractivity contribution in [1.82, 2.24) is 25.3 Å². The number of aromatic nitrogens is 5. The van der Waals surface area contributed by atoms with E-state index in [9.17, 15) is 0 Å². The first-order chi connectivity index (χ1) is 15.0. The molecule has 2 N–H and O–H groups in total. The van der Waals surface area contributed by atoms with Gasteiger partial charge >= 0.3 is 0 Å². The highest BCUT2D eigenvalue weighted by Crippen LogP contribution is 2.38. The van der Waals surface area contributed by atoms with Crippen LogP contribution in [-0.2, 0) is 6.54 Å². The average molecular weight is 414 g/mol. The van der Waals surface area contributed by atoms with Crippen LogP contribution in [0.5, 0.6) is 0 Å². The van der Waals surface area contributed by atoms with Gasteiger partial charge in [-0.15, -0.1) is 0 Å². The van der Waals surface area contributed by atoms with Crippen LogP contribution in [0, 0.1) is 27.7 Å². The van der Waals surface area contributed by atoms with E-state index in [1.54, 1.807) is 6.20 Å².